The molecule has 0 saturated carbocycles. The number of amides is 1. The molecule has 2 heterocycles. The summed E-state index contributed by atoms with van der Waals surface area (Å²) in [6, 6.07) is 15.8. The summed E-state index contributed by atoms with van der Waals surface area (Å²) >= 11 is 4.78. The van der Waals surface area contributed by atoms with Gasteiger partial charge in [0.05, 0.1) is 12.0 Å². The predicted molar refractivity (Wildman–Crippen MR) is 119 cm³/mol. The van der Waals surface area contributed by atoms with Crippen LogP contribution in [0.4, 0.5) is 0 Å². The van der Waals surface area contributed by atoms with Crippen molar-refractivity contribution >= 4 is 50.7 Å². The number of para-hydroxylation sites is 1. The molecule has 2 aromatic carbocycles. The van der Waals surface area contributed by atoms with Crippen LogP contribution >= 0.6 is 27.7 Å². The minimum absolute atomic E-state index is 0.182. The van der Waals surface area contributed by atoms with Gasteiger partial charge in [0.2, 0.25) is 0 Å². The second-order valence-electron chi connectivity index (χ2n) is 6.22. The van der Waals surface area contributed by atoms with Crippen LogP contribution in [0, 0.1) is 6.92 Å². The molecule has 0 unspecified atom stereocenters. The third kappa shape index (κ3) is 4.41. The van der Waals surface area contributed by atoms with Crippen LogP contribution in [0.25, 0.3) is 16.6 Å². The number of halogens is 1. The molecule has 9 heteroatoms. The molecule has 0 saturated heterocycles. The first kappa shape index (κ1) is 19.4. The van der Waals surface area contributed by atoms with E-state index in [0.29, 0.717) is 5.16 Å². The van der Waals surface area contributed by atoms with Gasteiger partial charge in [0.25, 0.3) is 5.91 Å². The van der Waals surface area contributed by atoms with Gasteiger partial charge in [-0.25, -0.2) is 5.43 Å². The molecule has 0 aliphatic rings. The van der Waals surface area contributed by atoms with Crippen LogP contribution in [0.1, 0.15) is 11.4 Å². The Morgan fingerprint density at radius 3 is 2.93 bits per heavy atom. The lowest BCUT2D eigenvalue weighted by Crippen LogP contribution is -2.20. The molecular weight excluding hydrogens is 452 g/mol. The Labute approximate surface area is 179 Å². The Kier molecular flexibility index (Phi) is 5.77. The van der Waals surface area contributed by atoms with Gasteiger partial charge in [0, 0.05) is 32.8 Å². The first-order valence-electron chi connectivity index (χ1n) is 8.80. The average Bonchev–Trinajstić information content (AvgIpc) is 3.30. The van der Waals surface area contributed by atoms with Crippen LogP contribution in [0.5, 0.6) is 0 Å². The van der Waals surface area contributed by atoms with Crippen molar-refractivity contribution < 1.29 is 4.79 Å². The third-order valence-electron chi connectivity index (χ3n) is 4.21. The topological polar surface area (TPSA) is 88.0 Å². The molecule has 0 aliphatic heterocycles. The molecule has 1 amide bonds. The van der Waals surface area contributed by atoms with Crippen molar-refractivity contribution in [3.05, 3.63) is 70.6 Å². The Morgan fingerprint density at radius 2 is 2.10 bits per heavy atom. The molecule has 0 atom stereocenters. The number of benzene rings is 2. The quantitative estimate of drug-likeness (QED) is 0.253. The number of rotatable bonds is 6. The highest BCUT2D eigenvalue weighted by molar-refractivity contribution is 9.10. The zero-order chi connectivity index (χ0) is 20.2. The van der Waals surface area contributed by atoms with E-state index in [9.17, 15) is 4.79 Å². The molecular formula is C20H17BrN6OS. The maximum absolute atomic E-state index is 12.2. The van der Waals surface area contributed by atoms with Crippen molar-refractivity contribution in [2.45, 2.75) is 12.1 Å². The van der Waals surface area contributed by atoms with E-state index in [0.717, 1.165) is 32.5 Å². The van der Waals surface area contributed by atoms with Gasteiger partial charge in [-0.15, -0.1) is 10.2 Å². The van der Waals surface area contributed by atoms with Gasteiger partial charge in [-0.05, 0) is 37.3 Å². The molecule has 146 valence electrons. The highest BCUT2D eigenvalue weighted by Gasteiger charge is 2.13. The molecule has 29 heavy (non-hydrogen) atoms. The van der Waals surface area contributed by atoms with Gasteiger partial charge in [-0.3, -0.25) is 9.36 Å². The molecule has 0 fully saturated rings. The van der Waals surface area contributed by atoms with E-state index in [1.54, 1.807) is 6.21 Å². The van der Waals surface area contributed by atoms with Crippen LogP contribution in [-0.4, -0.2) is 37.6 Å². The lowest BCUT2D eigenvalue weighted by molar-refractivity contribution is -0.118. The second kappa shape index (κ2) is 8.62. The number of nitrogens with one attached hydrogen (secondary N) is 2. The summed E-state index contributed by atoms with van der Waals surface area (Å²) in [5.41, 5.74) is 5.43. The van der Waals surface area contributed by atoms with Gasteiger partial charge in [0.15, 0.2) is 5.16 Å². The number of thioether (sulfide) groups is 1. The maximum Gasteiger partial charge on any atom is 0.250 e. The van der Waals surface area contributed by atoms with Gasteiger partial charge >= 0.3 is 0 Å². The predicted octanol–water partition coefficient (Wildman–Crippen LogP) is 4.06. The van der Waals surface area contributed by atoms with E-state index >= 15 is 0 Å². The van der Waals surface area contributed by atoms with Crippen LogP contribution < -0.4 is 5.43 Å². The van der Waals surface area contributed by atoms with Gasteiger partial charge in [0.1, 0.15) is 5.82 Å². The Hall–Kier alpha value is -2.91. The summed E-state index contributed by atoms with van der Waals surface area (Å²) in [6.07, 6.45) is 3.48. The van der Waals surface area contributed by atoms with E-state index in [1.165, 1.54) is 11.8 Å². The van der Waals surface area contributed by atoms with E-state index in [-0.39, 0.29) is 11.7 Å². The molecule has 4 rings (SSSR count). The fraction of sp³-hybridized carbons (Fsp3) is 0.100. The molecule has 2 aromatic heterocycles. The SMILES string of the molecule is Cc1nnc(SCC(=O)N/N=C\c2c[nH]c3ccc(Br)cc23)n1-c1ccccc1. The number of nitrogens with zero attached hydrogens (tertiary/aromatic N) is 4. The Balaban J connectivity index is 1.39. The fourth-order valence-electron chi connectivity index (χ4n) is 2.87. The summed E-state index contributed by atoms with van der Waals surface area (Å²) in [5.74, 6) is 0.733. The van der Waals surface area contributed by atoms with Crippen molar-refractivity contribution in [1.82, 2.24) is 25.2 Å². The molecule has 0 aliphatic carbocycles. The number of carbonyl (C=O) groups excluding carboxylic acids is 1. The summed E-state index contributed by atoms with van der Waals surface area (Å²) in [4.78, 5) is 15.4. The number of aryl methyl sites for hydroxylation is 1. The van der Waals surface area contributed by atoms with Gasteiger partial charge in [-0.2, -0.15) is 5.10 Å². The molecule has 0 bridgehead atoms. The Morgan fingerprint density at radius 1 is 1.28 bits per heavy atom. The number of hydrogen-bond donors (Lipinski definition) is 2. The van der Waals surface area contributed by atoms with Crippen LogP contribution in [0.3, 0.4) is 0 Å². The van der Waals surface area contributed by atoms with Crippen molar-refractivity contribution in [2.75, 3.05) is 5.75 Å². The number of fused-ring (bicyclic) bond motifs is 1. The largest absolute Gasteiger partial charge is 0.361 e. The lowest BCUT2D eigenvalue weighted by Gasteiger charge is -2.07. The highest BCUT2D eigenvalue weighted by Crippen LogP contribution is 2.22. The van der Waals surface area contributed by atoms with E-state index < -0.39 is 0 Å². The number of hydrazone groups is 1. The molecule has 0 spiro atoms. The summed E-state index contributed by atoms with van der Waals surface area (Å²) in [5, 5.41) is 14.1. The first-order valence-corrected chi connectivity index (χ1v) is 10.6. The van der Waals surface area contributed by atoms with Crippen molar-refractivity contribution in [3.63, 3.8) is 0 Å². The normalized spacial score (nSPS) is 11.4. The number of carbonyl (C=O) groups is 1. The smallest absolute Gasteiger partial charge is 0.250 e. The maximum atomic E-state index is 12.2. The minimum Gasteiger partial charge on any atom is -0.361 e. The second-order valence-corrected chi connectivity index (χ2v) is 8.07. The molecule has 2 N–H and O–H groups in total. The highest BCUT2D eigenvalue weighted by atomic mass is 79.9. The zero-order valence-corrected chi connectivity index (χ0v) is 17.9. The number of aromatic nitrogens is 4. The van der Waals surface area contributed by atoms with Crippen LogP contribution in [0.2, 0.25) is 0 Å². The first-order chi connectivity index (χ1) is 14.1. The Bertz CT molecular complexity index is 1180. The number of hydrogen-bond acceptors (Lipinski definition) is 5. The van der Waals surface area contributed by atoms with Gasteiger partial charge in [-0.1, -0.05) is 45.9 Å². The standard InChI is InChI=1S/C20H17BrN6OS/c1-13-24-26-20(27(13)16-5-3-2-4-6-16)29-12-19(28)25-23-11-14-10-22-18-8-7-15(21)9-17(14)18/h2-11,22H,12H2,1H3,(H,25,28)/b23-11-. The van der Waals surface area contributed by atoms with E-state index in [2.05, 4.69) is 41.6 Å². The summed E-state index contributed by atoms with van der Waals surface area (Å²) in [7, 11) is 0. The summed E-state index contributed by atoms with van der Waals surface area (Å²) in [6.45, 7) is 1.88. The monoisotopic (exact) mass is 468 g/mol. The molecule has 7 nitrogen and oxygen atoms in total. The zero-order valence-electron chi connectivity index (χ0n) is 15.5. The van der Waals surface area contributed by atoms with Crippen molar-refractivity contribution in [3.8, 4) is 5.69 Å². The lowest BCUT2D eigenvalue weighted by atomic mass is 10.2. The molecule has 4 aromatic rings. The average molecular weight is 469 g/mol. The van der Waals surface area contributed by atoms with Crippen LogP contribution in [0.15, 0.2) is 69.5 Å². The van der Waals surface area contributed by atoms with Crippen molar-refractivity contribution in [2.24, 2.45) is 5.10 Å². The fourth-order valence-corrected chi connectivity index (χ4v) is 4.02. The molecule has 0 radical (unpaired) electrons. The van der Waals surface area contributed by atoms with E-state index in [4.69, 9.17) is 0 Å². The van der Waals surface area contributed by atoms with Crippen molar-refractivity contribution in [1.29, 1.82) is 0 Å². The number of H-pyrrole nitrogens is 1. The third-order valence-corrected chi connectivity index (χ3v) is 5.63. The van der Waals surface area contributed by atoms with E-state index in [1.807, 2.05) is 66.2 Å². The van der Waals surface area contributed by atoms with Crippen LogP contribution in [-0.2, 0) is 4.79 Å². The minimum atomic E-state index is -0.215. The number of aromatic amines is 1. The summed E-state index contributed by atoms with van der Waals surface area (Å²) < 4.78 is 2.91. The van der Waals surface area contributed by atoms with Gasteiger partial charge < -0.3 is 4.98 Å².